The largest absolute Gasteiger partial charge is 0.490 e. The lowest BCUT2D eigenvalue weighted by atomic mass is 10.2. The van der Waals surface area contributed by atoms with Crippen molar-refractivity contribution in [1.82, 2.24) is 0 Å². The highest BCUT2D eigenvalue weighted by atomic mass is 16.5. The summed E-state index contributed by atoms with van der Waals surface area (Å²) >= 11 is 0. The second-order valence-electron chi connectivity index (χ2n) is 4.18. The van der Waals surface area contributed by atoms with Gasteiger partial charge in [0.05, 0.1) is 25.0 Å². The normalized spacial score (nSPS) is 13.7. The van der Waals surface area contributed by atoms with Gasteiger partial charge < -0.3 is 19.2 Å². The minimum atomic E-state index is -0.219. The van der Waals surface area contributed by atoms with Gasteiger partial charge in [-0.05, 0) is 18.2 Å². The van der Waals surface area contributed by atoms with Gasteiger partial charge in [0.2, 0.25) is 0 Å². The Morgan fingerprint density at radius 1 is 1.11 bits per heavy atom. The molecule has 2 heterocycles. The SMILES string of the molecule is O=C(Nc1ccc2c(c1)OCCCO2)c1ccoc1. The molecule has 0 bridgehead atoms. The third-order valence-corrected chi connectivity index (χ3v) is 2.79. The first kappa shape index (κ1) is 11.6. The van der Waals surface area contributed by atoms with Crippen LogP contribution in [-0.4, -0.2) is 19.1 Å². The first-order chi connectivity index (χ1) is 9.33. The summed E-state index contributed by atoms with van der Waals surface area (Å²) in [7, 11) is 0. The zero-order valence-electron chi connectivity index (χ0n) is 10.2. The van der Waals surface area contributed by atoms with Gasteiger partial charge in [-0.15, -0.1) is 0 Å². The van der Waals surface area contributed by atoms with Crippen molar-refractivity contribution in [3.05, 3.63) is 42.4 Å². The van der Waals surface area contributed by atoms with E-state index in [-0.39, 0.29) is 5.91 Å². The average Bonchev–Trinajstić information content (AvgIpc) is 2.85. The summed E-state index contributed by atoms with van der Waals surface area (Å²) in [5.74, 6) is 1.14. The fraction of sp³-hybridized carbons (Fsp3) is 0.214. The van der Waals surface area contributed by atoms with E-state index in [0.29, 0.717) is 36.0 Å². The smallest absolute Gasteiger partial charge is 0.258 e. The summed E-state index contributed by atoms with van der Waals surface area (Å²) in [5.41, 5.74) is 1.14. The minimum Gasteiger partial charge on any atom is -0.490 e. The molecule has 0 aliphatic carbocycles. The Morgan fingerprint density at radius 2 is 1.95 bits per heavy atom. The molecule has 1 amide bonds. The lowest BCUT2D eigenvalue weighted by Crippen LogP contribution is -2.10. The summed E-state index contributed by atoms with van der Waals surface area (Å²) in [6, 6.07) is 6.95. The molecule has 1 aliphatic heterocycles. The molecule has 5 heteroatoms. The maximum Gasteiger partial charge on any atom is 0.258 e. The number of amides is 1. The van der Waals surface area contributed by atoms with Gasteiger partial charge in [-0.1, -0.05) is 0 Å². The van der Waals surface area contributed by atoms with Crippen LogP contribution in [-0.2, 0) is 0 Å². The summed E-state index contributed by atoms with van der Waals surface area (Å²) in [4.78, 5) is 11.9. The Kier molecular flexibility index (Phi) is 3.10. The summed E-state index contributed by atoms with van der Waals surface area (Å²) in [6.45, 7) is 1.26. The molecule has 0 atom stereocenters. The fourth-order valence-electron chi connectivity index (χ4n) is 1.84. The summed E-state index contributed by atoms with van der Waals surface area (Å²) in [6.07, 6.45) is 3.71. The standard InChI is InChI=1S/C14H13NO4/c16-14(10-4-7-17-9-10)15-11-2-3-12-13(8-11)19-6-1-5-18-12/h2-4,7-9H,1,5-6H2,(H,15,16). The number of hydrogen-bond donors (Lipinski definition) is 1. The van der Waals surface area contributed by atoms with Crippen LogP contribution in [0.1, 0.15) is 16.8 Å². The number of fused-ring (bicyclic) bond motifs is 1. The highest BCUT2D eigenvalue weighted by molar-refractivity contribution is 6.04. The zero-order valence-corrected chi connectivity index (χ0v) is 10.2. The number of hydrogen-bond acceptors (Lipinski definition) is 4. The number of ether oxygens (including phenoxy) is 2. The third kappa shape index (κ3) is 2.54. The van der Waals surface area contributed by atoms with Crippen LogP contribution in [0.15, 0.2) is 41.2 Å². The topological polar surface area (TPSA) is 60.7 Å². The maximum atomic E-state index is 11.9. The first-order valence-corrected chi connectivity index (χ1v) is 6.06. The van der Waals surface area contributed by atoms with E-state index in [0.717, 1.165) is 6.42 Å². The van der Waals surface area contributed by atoms with Crippen LogP contribution >= 0.6 is 0 Å². The van der Waals surface area contributed by atoms with E-state index in [1.165, 1.54) is 12.5 Å². The zero-order chi connectivity index (χ0) is 13.1. The number of nitrogens with one attached hydrogen (secondary N) is 1. The van der Waals surface area contributed by atoms with Crippen LogP contribution in [0.2, 0.25) is 0 Å². The van der Waals surface area contributed by atoms with Gasteiger partial charge in [0.1, 0.15) is 6.26 Å². The number of carbonyl (C=O) groups excluding carboxylic acids is 1. The molecule has 5 nitrogen and oxygen atoms in total. The van der Waals surface area contributed by atoms with Crippen molar-refractivity contribution in [2.75, 3.05) is 18.5 Å². The third-order valence-electron chi connectivity index (χ3n) is 2.79. The molecule has 1 N–H and O–H groups in total. The molecular weight excluding hydrogens is 246 g/mol. The molecule has 1 aromatic heterocycles. The molecular formula is C14H13NO4. The van der Waals surface area contributed by atoms with Gasteiger partial charge in [0.25, 0.3) is 5.91 Å². The molecule has 2 aromatic rings. The predicted molar refractivity (Wildman–Crippen MR) is 68.7 cm³/mol. The maximum absolute atomic E-state index is 11.9. The molecule has 0 radical (unpaired) electrons. The first-order valence-electron chi connectivity index (χ1n) is 6.06. The molecule has 19 heavy (non-hydrogen) atoms. The van der Waals surface area contributed by atoms with Crippen LogP contribution in [0.25, 0.3) is 0 Å². The number of anilines is 1. The Balaban J connectivity index is 1.78. The number of carbonyl (C=O) groups is 1. The lowest BCUT2D eigenvalue weighted by Gasteiger charge is -2.09. The predicted octanol–water partition coefficient (Wildman–Crippen LogP) is 2.69. The summed E-state index contributed by atoms with van der Waals surface area (Å²) < 4.78 is 16.0. The number of rotatable bonds is 2. The summed E-state index contributed by atoms with van der Waals surface area (Å²) in [5, 5.41) is 2.78. The van der Waals surface area contributed by atoms with E-state index in [1.54, 1.807) is 24.3 Å². The van der Waals surface area contributed by atoms with Crippen molar-refractivity contribution in [2.24, 2.45) is 0 Å². The van der Waals surface area contributed by atoms with Crippen molar-refractivity contribution in [2.45, 2.75) is 6.42 Å². The van der Waals surface area contributed by atoms with E-state index in [1.807, 2.05) is 0 Å². The van der Waals surface area contributed by atoms with Gasteiger partial charge in [0, 0.05) is 18.2 Å². The van der Waals surface area contributed by atoms with E-state index >= 15 is 0 Å². The van der Waals surface area contributed by atoms with Crippen LogP contribution in [0.3, 0.4) is 0 Å². The molecule has 0 spiro atoms. The van der Waals surface area contributed by atoms with Crippen LogP contribution in [0.5, 0.6) is 11.5 Å². The van der Waals surface area contributed by atoms with E-state index < -0.39 is 0 Å². The molecule has 3 rings (SSSR count). The average molecular weight is 259 g/mol. The van der Waals surface area contributed by atoms with Gasteiger partial charge >= 0.3 is 0 Å². The molecule has 0 unspecified atom stereocenters. The Bertz CT molecular complexity index is 577. The van der Waals surface area contributed by atoms with E-state index in [9.17, 15) is 4.79 Å². The Labute approximate surface area is 110 Å². The molecule has 1 aliphatic rings. The second-order valence-corrected chi connectivity index (χ2v) is 4.18. The van der Waals surface area contributed by atoms with Crippen molar-refractivity contribution >= 4 is 11.6 Å². The molecule has 1 aromatic carbocycles. The molecule has 98 valence electrons. The monoisotopic (exact) mass is 259 g/mol. The van der Waals surface area contributed by atoms with Gasteiger partial charge in [-0.2, -0.15) is 0 Å². The second kappa shape index (κ2) is 5.06. The van der Waals surface area contributed by atoms with Crippen molar-refractivity contribution in [1.29, 1.82) is 0 Å². The van der Waals surface area contributed by atoms with E-state index in [4.69, 9.17) is 13.9 Å². The molecule has 0 saturated carbocycles. The van der Waals surface area contributed by atoms with Gasteiger partial charge in [-0.3, -0.25) is 4.79 Å². The van der Waals surface area contributed by atoms with Crippen LogP contribution in [0.4, 0.5) is 5.69 Å². The van der Waals surface area contributed by atoms with Crippen LogP contribution in [0, 0.1) is 0 Å². The fourth-order valence-corrected chi connectivity index (χ4v) is 1.84. The Morgan fingerprint density at radius 3 is 2.74 bits per heavy atom. The highest BCUT2D eigenvalue weighted by Crippen LogP contribution is 2.32. The van der Waals surface area contributed by atoms with Gasteiger partial charge in [0.15, 0.2) is 11.5 Å². The van der Waals surface area contributed by atoms with E-state index in [2.05, 4.69) is 5.32 Å². The molecule has 0 saturated heterocycles. The number of benzene rings is 1. The van der Waals surface area contributed by atoms with Crippen LogP contribution < -0.4 is 14.8 Å². The van der Waals surface area contributed by atoms with Crippen molar-refractivity contribution in [3.63, 3.8) is 0 Å². The quantitative estimate of drug-likeness (QED) is 0.900. The van der Waals surface area contributed by atoms with Crippen molar-refractivity contribution < 1.29 is 18.7 Å². The number of furan rings is 1. The molecule has 0 fully saturated rings. The highest BCUT2D eigenvalue weighted by Gasteiger charge is 2.12. The lowest BCUT2D eigenvalue weighted by molar-refractivity contribution is 0.102. The van der Waals surface area contributed by atoms with Gasteiger partial charge in [-0.25, -0.2) is 0 Å². The minimum absolute atomic E-state index is 0.219. The van der Waals surface area contributed by atoms with Crippen molar-refractivity contribution in [3.8, 4) is 11.5 Å². The Hall–Kier alpha value is -2.43.